The predicted octanol–water partition coefficient (Wildman–Crippen LogP) is 7.07. The maximum Gasteiger partial charge on any atom is 0.416 e. The molecule has 0 saturated carbocycles. The van der Waals surface area contributed by atoms with Crippen molar-refractivity contribution in [2.75, 3.05) is 0 Å². The third kappa shape index (κ3) is 3.42. The van der Waals surface area contributed by atoms with Crippen molar-refractivity contribution in [2.24, 2.45) is 0 Å². The van der Waals surface area contributed by atoms with Gasteiger partial charge < -0.3 is 0 Å². The molecule has 0 heterocycles. The quantitative estimate of drug-likeness (QED) is 0.390. The number of hydrogen-bond donors (Lipinski definition) is 0. The first-order valence-corrected chi connectivity index (χ1v) is 7.32. The Hall–Kier alpha value is -0.610. The lowest BCUT2D eigenvalue weighted by Gasteiger charge is -2.16. The van der Waals surface area contributed by atoms with Crippen LogP contribution in [0.1, 0.15) is 11.1 Å². The Kier molecular flexibility index (Phi) is 4.99. The highest BCUT2D eigenvalue weighted by Crippen LogP contribution is 2.40. The lowest BCUT2D eigenvalue weighted by atomic mass is 9.96. The topological polar surface area (TPSA) is 0 Å². The molecule has 2 aromatic carbocycles. The van der Waals surface area contributed by atoms with E-state index >= 15 is 0 Å². The van der Waals surface area contributed by atoms with Crippen LogP contribution in [0.2, 0.25) is 15.1 Å². The van der Waals surface area contributed by atoms with Gasteiger partial charge in [-0.15, -0.1) is 11.6 Å². The molecule has 21 heavy (non-hydrogen) atoms. The Morgan fingerprint density at radius 2 is 1.52 bits per heavy atom. The Morgan fingerprint density at radius 3 is 2.00 bits per heavy atom. The van der Waals surface area contributed by atoms with E-state index in [1.807, 2.05) is 0 Å². The fourth-order valence-electron chi connectivity index (χ4n) is 1.98. The molecule has 112 valence electrons. The zero-order chi connectivity index (χ0) is 15.8. The maximum atomic E-state index is 13.0. The van der Waals surface area contributed by atoms with Gasteiger partial charge in [-0.05, 0) is 34.9 Å². The fraction of sp³-hybridized carbons (Fsp3) is 0.143. The number of rotatable bonds is 2. The van der Waals surface area contributed by atoms with E-state index in [-0.39, 0.29) is 26.5 Å². The van der Waals surface area contributed by atoms with Gasteiger partial charge in [0.2, 0.25) is 0 Å². The van der Waals surface area contributed by atoms with Gasteiger partial charge in [-0.25, -0.2) is 0 Å². The minimum Gasteiger partial charge on any atom is -0.166 e. The minimum atomic E-state index is -4.49. The van der Waals surface area contributed by atoms with Crippen molar-refractivity contribution in [3.8, 4) is 11.1 Å². The lowest BCUT2D eigenvalue weighted by molar-refractivity contribution is -0.138. The second kappa shape index (κ2) is 6.25. The van der Waals surface area contributed by atoms with Crippen LogP contribution in [0, 0.1) is 0 Å². The highest BCUT2D eigenvalue weighted by Gasteiger charge is 2.34. The molecule has 0 aromatic heterocycles. The molecule has 0 amide bonds. The molecule has 0 fully saturated rings. The Labute approximate surface area is 139 Å². The lowest BCUT2D eigenvalue weighted by Crippen LogP contribution is -2.09. The van der Waals surface area contributed by atoms with Crippen molar-refractivity contribution in [3.05, 3.63) is 56.5 Å². The molecule has 0 spiro atoms. The van der Waals surface area contributed by atoms with Crippen molar-refractivity contribution in [2.45, 2.75) is 12.1 Å². The summed E-state index contributed by atoms with van der Waals surface area (Å²) in [6.07, 6.45) is -4.49. The van der Waals surface area contributed by atoms with Crippen LogP contribution in [0.5, 0.6) is 0 Å². The van der Waals surface area contributed by atoms with E-state index in [1.54, 1.807) is 0 Å². The molecule has 0 nitrogen and oxygen atoms in total. The zero-order valence-electron chi connectivity index (χ0n) is 10.2. The SMILES string of the molecule is FC(F)(F)c1cccc(-c2cc(Cl)c(Cl)c(Cl)c2)c1CCl. The van der Waals surface area contributed by atoms with E-state index in [2.05, 4.69) is 0 Å². The highest BCUT2D eigenvalue weighted by molar-refractivity contribution is 6.48. The summed E-state index contributed by atoms with van der Waals surface area (Å²) in [5.41, 5.74) is -0.0604. The first-order valence-electron chi connectivity index (χ1n) is 5.65. The van der Waals surface area contributed by atoms with Crippen LogP contribution in [0.3, 0.4) is 0 Å². The molecule has 0 saturated heterocycles. The van der Waals surface area contributed by atoms with E-state index in [0.29, 0.717) is 11.1 Å². The van der Waals surface area contributed by atoms with Gasteiger partial charge in [-0.3, -0.25) is 0 Å². The van der Waals surface area contributed by atoms with Gasteiger partial charge in [0, 0.05) is 5.88 Å². The maximum absolute atomic E-state index is 13.0. The van der Waals surface area contributed by atoms with Crippen LogP contribution in [0.25, 0.3) is 11.1 Å². The van der Waals surface area contributed by atoms with Gasteiger partial charge in [0.15, 0.2) is 0 Å². The van der Waals surface area contributed by atoms with Crippen LogP contribution in [0.15, 0.2) is 30.3 Å². The van der Waals surface area contributed by atoms with Crippen molar-refractivity contribution in [1.29, 1.82) is 0 Å². The molecular formula is C14H7Cl4F3. The third-order valence-corrected chi connectivity index (χ3v) is 4.37. The van der Waals surface area contributed by atoms with E-state index in [4.69, 9.17) is 46.4 Å². The molecule has 0 aliphatic heterocycles. The largest absolute Gasteiger partial charge is 0.416 e. The molecule has 2 rings (SSSR count). The molecular weight excluding hydrogens is 367 g/mol. The second-order valence-electron chi connectivity index (χ2n) is 4.22. The molecule has 7 heteroatoms. The Morgan fingerprint density at radius 1 is 0.952 bits per heavy atom. The molecule has 0 N–H and O–H groups in total. The van der Waals surface area contributed by atoms with Crippen LogP contribution < -0.4 is 0 Å². The second-order valence-corrected chi connectivity index (χ2v) is 5.68. The molecule has 0 aliphatic carbocycles. The van der Waals surface area contributed by atoms with Gasteiger partial charge >= 0.3 is 6.18 Å². The summed E-state index contributed by atoms with van der Waals surface area (Å²) in [7, 11) is 0. The molecule has 2 aromatic rings. The molecule has 0 aliphatic rings. The summed E-state index contributed by atoms with van der Waals surface area (Å²) in [5, 5.41) is 0.482. The minimum absolute atomic E-state index is 0.0267. The summed E-state index contributed by atoms with van der Waals surface area (Å²) in [6, 6.07) is 6.75. The molecule has 0 radical (unpaired) electrons. The van der Waals surface area contributed by atoms with Gasteiger partial charge in [0.1, 0.15) is 0 Å². The van der Waals surface area contributed by atoms with E-state index < -0.39 is 11.7 Å². The normalized spacial score (nSPS) is 11.8. The van der Waals surface area contributed by atoms with Gasteiger partial charge in [-0.1, -0.05) is 46.9 Å². The van der Waals surface area contributed by atoms with Crippen molar-refractivity contribution in [3.63, 3.8) is 0 Å². The van der Waals surface area contributed by atoms with Crippen LogP contribution in [-0.2, 0) is 12.1 Å². The molecule has 0 bridgehead atoms. The van der Waals surface area contributed by atoms with Crippen LogP contribution in [0.4, 0.5) is 13.2 Å². The monoisotopic (exact) mass is 372 g/mol. The number of benzene rings is 2. The fourth-order valence-corrected chi connectivity index (χ4v) is 2.86. The Balaban J connectivity index is 2.70. The first-order chi connectivity index (χ1) is 9.75. The summed E-state index contributed by atoms with van der Waals surface area (Å²) in [6.45, 7) is 0. The van der Waals surface area contributed by atoms with E-state index in [1.165, 1.54) is 24.3 Å². The van der Waals surface area contributed by atoms with Crippen molar-refractivity contribution in [1.82, 2.24) is 0 Å². The summed E-state index contributed by atoms with van der Waals surface area (Å²) in [5.74, 6) is -0.289. The standard InChI is InChI=1S/C14H7Cl4F3/c15-6-9-8(2-1-3-10(9)14(19,20)21)7-4-11(16)13(18)12(17)5-7/h1-5H,6H2. The van der Waals surface area contributed by atoms with Gasteiger partial charge in [0.25, 0.3) is 0 Å². The third-order valence-electron chi connectivity index (χ3n) is 2.91. The molecule has 0 atom stereocenters. The highest BCUT2D eigenvalue weighted by atomic mass is 35.5. The van der Waals surface area contributed by atoms with E-state index in [9.17, 15) is 13.2 Å². The van der Waals surface area contributed by atoms with Crippen molar-refractivity contribution < 1.29 is 13.2 Å². The summed E-state index contributed by atoms with van der Waals surface area (Å²) >= 11 is 23.4. The average molecular weight is 374 g/mol. The van der Waals surface area contributed by atoms with Gasteiger partial charge in [-0.2, -0.15) is 13.2 Å². The van der Waals surface area contributed by atoms with Crippen molar-refractivity contribution >= 4 is 46.4 Å². The summed E-state index contributed by atoms with van der Waals surface area (Å²) < 4.78 is 39.1. The first kappa shape index (κ1) is 16.8. The van der Waals surface area contributed by atoms with Crippen LogP contribution >= 0.6 is 46.4 Å². The zero-order valence-corrected chi connectivity index (χ0v) is 13.3. The Bertz CT molecular complexity index is 657. The average Bonchev–Trinajstić information content (AvgIpc) is 2.42. The van der Waals surface area contributed by atoms with Gasteiger partial charge in [0.05, 0.1) is 20.6 Å². The smallest absolute Gasteiger partial charge is 0.166 e. The van der Waals surface area contributed by atoms with Crippen LogP contribution in [-0.4, -0.2) is 0 Å². The predicted molar refractivity (Wildman–Crippen MR) is 81.5 cm³/mol. The number of alkyl halides is 4. The summed E-state index contributed by atoms with van der Waals surface area (Å²) in [4.78, 5) is 0. The number of halogens is 7. The number of hydrogen-bond acceptors (Lipinski definition) is 0. The molecule has 0 unspecified atom stereocenters. The van der Waals surface area contributed by atoms with E-state index in [0.717, 1.165) is 6.07 Å².